The Morgan fingerprint density at radius 2 is 1.48 bits per heavy atom. The number of rotatable bonds is 2. The van der Waals surface area contributed by atoms with Crippen LogP contribution in [0.25, 0.3) is 0 Å². The standard InChI is InChI=1S/C8H10O2S.C5H5.2CO.Fe/c1-7(11(9)10)8-5-3-2-4-6-8;1-2-4-5-3-1;2*1-2;/h2-7H,1H3,(H,9,10);1-5H;;;/q;-1;;;+6/p-1. The zero-order valence-electron chi connectivity index (χ0n) is 11.2. The van der Waals surface area contributed by atoms with Crippen molar-refractivity contribution < 1.29 is 35.1 Å². The Morgan fingerprint density at radius 1 is 1.05 bits per heavy atom. The van der Waals surface area contributed by atoms with Gasteiger partial charge in [-0.15, -0.1) is 0 Å². The normalized spacial score (nSPS) is 10.4. The number of hydrogen-bond acceptors (Lipinski definition) is 2. The van der Waals surface area contributed by atoms with Crippen LogP contribution in [0.5, 0.6) is 0 Å². The molecule has 0 aliphatic heterocycles. The van der Waals surface area contributed by atoms with Gasteiger partial charge in [-0.25, -0.2) is 12.1 Å². The molecule has 0 fully saturated rings. The van der Waals surface area contributed by atoms with Crippen molar-refractivity contribution in [2.75, 3.05) is 0 Å². The van der Waals surface area contributed by atoms with E-state index in [1.54, 1.807) is 19.1 Å². The summed E-state index contributed by atoms with van der Waals surface area (Å²) < 4.78 is 36.0. The summed E-state index contributed by atoms with van der Waals surface area (Å²) in [6, 6.07) is 19.1. The molecule has 2 aromatic carbocycles. The van der Waals surface area contributed by atoms with E-state index in [1.165, 1.54) is 0 Å². The van der Waals surface area contributed by atoms with Crippen molar-refractivity contribution in [1.82, 2.24) is 0 Å². The number of hydrogen-bond donors (Lipinski definition) is 0. The zero-order valence-corrected chi connectivity index (χ0v) is 13.2. The second-order valence-electron chi connectivity index (χ2n) is 3.28. The molecular weight excluding hydrogens is 332 g/mol. The van der Waals surface area contributed by atoms with Crippen molar-refractivity contribution in [1.29, 1.82) is 0 Å². The van der Waals surface area contributed by atoms with Gasteiger partial charge in [-0.05, 0) is 23.6 Å². The summed E-state index contributed by atoms with van der Waals surface area (Å²) in [6.45, 7) is 10.7. The fraction of sp³-hybridized carbons (Fsp3) is 0.133. The van der Waals surface area contributed by atoms with Gasteiger partial charge in [0.25, 0.3) is 0 Å². The van der Waals surface area contributed by atoms with Crippen LogP contribution in [-0.4, -0.2) is 8.76 Å². The summed E-state index contributed by atoms with van der Waals surface area (Å²) >= 11 is -2.01. The molecule has 108 valence electrons. The second-order valence-corrected chi connectivity index (χ2v) is 4.50. The van der Waals surface area contributed by atoms with Crippen molar-refractivity contribution in [3.05, 3.63) is 79.5 Å². The molecule has 21 heavy (non-hydrogen) atoms. The van der Waals surface area contributed by atoms with Crippen LogP contribution >= 0.6 is 0 Å². The van der Waals surface area contributed by atoms with Crippen molar-refractivity contribution in [2.45, 2.75) is 12.2 Å². The molecule has 0 saturated heterocycles. The summed E-state index contributed by atoms with van der Waals surface area (Å²) in [7, 11) is 0. The second kappa shape index (κ2) is 18.7. The van der Waals surface area contributed by atoms with E-state index in [4.69, 9.17) is 9.30 Å². The Kier molecular flexibility index (Phi) is 22.0. The molecule has 0 bridgehead atoms. The Hall–Kier alpha value is -1.32. The van der Waals surface area contributed by atoms with Crippen LogP contribution < -0.4 is 0 Å². The van der Waals surface area contributed by atoms with Crippen molar-refractivity contribution >= 4 is 11.1 Å². The third-order valence-electron chi connectivity index (χ3n) is 2.11. The van der Waals surface area contributed by atoms with Crippen molar-refractivity contribution in [3.63, 3.8) is 0 Å². The molecule has 0 radical (unpaired) electrons. The Bertz CT molecular complexity index is 457. The Labute approximate surface area is 138 Å². The smallest absolute Gasteiger partial charge is 0.214 e. The Morgan fingerprint density at radius 3 is 1.76 bits per heavy atom. The molecule has 6 heteroatoms. The van der Waals surface area contributed by atoms with E-state index in [-0.39, 0.29) is 17.1 Å². The third kappa shape index (κ3) is 13.4. The van der Waals surface area contributed by atoms with E-state index in [0.29, 0.717) is 0 Å². The SMILES string of the molecule is CC(c1ccccc1)S(=O)[O-].[C-]#[O+].[C-]#[O+].[Fe+6].c1cc[cH-]c1. The van der Waals surface area contributed by atoms with Crippen molar-refractivity contribution in [2.24, 2.45) is 0 Å². The fourth-order valence-electron chi connectivity index (χ4n) is 1.16. The average Bonchev–Trinajstić information content (AvgIpc) is 3.11. The molecule has 2 unspecified atom stereocenters. The van der Waals surface area contributed by atoms with E-state index in [0.717, 1.165) is 5.56 Å². The van der Waals surface area contributed by atoms with Crippen LogP contribution in [0.1, 0.15) is 17.7 Å². The first-order chi connectivity index (χ1) is 9.72. The van der Waals surface area contributed by atoms with Gasteiger partial charge < -0.3 is 4.55 Å². The fourth-order valence-corrected chi connectivity index (χ4v) is 1.54. The Balaban J connectivity index is -0.000000273. The van der Waals surface area contributed by atoms with Crippen LogP contribution in [-0.2, 0) is 37.5 Å². The largest absolute Gasteiger partial charge is 6.00 e. The van der Waals surface area contributed by atoms with Gasteiger partial charge in [0.05, 0.1) is 0 Å². The van der Waals surface area contributed by atoms with E-state index in [1.807, 2.05) is 48.5 Å². The summed E-state index contributed by atoms with van der Waals surface area (Å²) in [5.41, 5.74) is 0.834. The molecule has 0 heterocycles. The van der Waals surface area contributed by atoms with Crippen LogP contribution in [0.3, 0.4) is 0 Å². The molecule has 0 spiro atoms. The molecule has 0 N–H and O–H groups in total. The van der Waals surface area contributed by atoms with Gasteiger partial charge >= 0.3 is 39.7 Å². The maximum Gasteiger partial charge on any atom is 6.00 e. The molecule has 2 aromatic rings. The van der Waals surface area contributed by atoms with Gasteiger partial charge in [-0.1, -0.05) is 30.3 Å². The maximum atomic E-state index is 10.5. The minimum absolute atomic E-state index is 0. The molecule has 0 aromatic heterocycles. The van der Waals surface area contributed by atoms with E-state index < -0.39 is 16.3 Å². The van der Waals surface area contributed by atoms with Gasteiger partial charge in [0.2, 0.25) is 0 Å². The third-order valence-corrected chi connectivity index (χ3v) is 2.96. The minimum atomic E-state index is -2.01. The van der Waals surface area contributed by atoms with E-state index in [9.17, 15) is 8.76 Å². The number of benzene rings is 1. The molecule has 4 nitrogen and oxygen atoms in total. The van der Waals surface area contributed by atoms with Gasteiger partial charge in [0.1, 0.15) is 0 Å². The van der Waals surface area contributed by atoms with Crippen molar-refractivity contribution in [3.8, 4) is 0 Å². The van der Waals surface area contributed by atoms with Crippen LogP contribution in [0, 0.1) is 13.3 Å². The summed E-state index contributed by atoms with van der Waals surface area (Å²) in [5.74, 6) is 0. The van der Waals surface area contributed by atoms with Gasteiger partial charge in [-0.3, -0.25) is 4.21 Å². The van der Waals surface area contributed by atoms with Gasteiger partial charge in [0.15, 0.2) is 0 Å². The molecule has 0 aliphatic rings. The molecule has 0 aliphatic carbocycles. The first-order valence-corrected chi connectivity index (χ1v) is 6.56. The predicted octanol–water partition coefficient (Wildman–Crippen LogP) is 2.95. The predicted molar refractivity (Wildman–Crippen MR) is 73.7 cm³/mol. The van der Waals surface area contributed by atoms with Gasteiger partial charge in [0, 0.05) is 5.25 Å². The minimum Gasteiger partial charge on any atom is -0.214 e. The molecule has 0 amide bonds. The average molecular weight is 346 g/mol. The maximum absolute atomic E-state index is 10.5. The van der Waals surface area contributed by atoms with E-state index >= 15 is 0 Å². The summed E-state index contributed by atoms with van der Waals surface area (Å²) in [5, 5.41) is -0.406. The summed E-state index contributed by atoms with van der Waals surface area (Å²) in [6.07, 6.45) is 0. The topological polar surface area (TPSA) is 79.9 Å². The van der Waals surface area contributed by atoms with Crippen LogP contribution in [0.2, 0.25) is 0 Å². The monoisotopic (exact) mass is 346 g/mol. The summed E-state index contributed by atoms with van der Waals surface area (Å²) in [4.78, 5) is 0. The first-order valence-electron chi connectivity index (χ1n) is 5.42. The molecule has 2 rings (SSSR count). The molecule has 2 atom stereocenters. The van der Waals surface area contributed by atoms with Crippen LogP contribution in [0.15, 0.2) is 60.7 Å². The van der Waals surface area contributed by atoms with E-state index in [2.05, 4.69) is 13.3 Å². The quantitative estimate of drug-likeness (QED) is 0.363. The first kappa shape index (κ1) is 24.7. The van der Waals surface area contributed by atoms with Crippen LogP contribution in [0.4, 0.5) is 0 Å². The molecule has 0 saturated carbocycles. The van der Waals surface area contributed by atoms with Gasteiger partial charge in [-0.2, -0.15) is 18.2 Å². The molecular formula is C15H14FeO4S+4. The zero-order chi connectivity index (χ0) is 15.8.